The quantitative estimate of drug-likeness (QED) is 0.846. The second-order valence-electron chi connectivity index (χ2n) is 4.24. The monoisotopic (exact) mass is 231 g/mol. The maximum atomic E-state index is 9.21. The number of aromatic nitrogens is 2. The molecule has 17 heavy (non-hydrogen) atoms. The van der Waals surface area contributed by atoms with Gasteiger partial charge in [0.05, 0.1) is 11.8 Å². The minimum atomic E-state index is -0.299. The molecule has 0 saturated heterocycles. The molecule has 1 aromatic heterocycles. The lowest BCUT2D eigenvalue weighted by Gasteiger charge is -2.10. The van der Waals surface area contributed by atoms with E-state index in [1.165, 1.54) is 0 Å². The molecule has 0 aliphatic rings. The molecule has 0 aliphatic carbocycles. The average molecular weight is 231 g/mol. The van der Waals surface area contributed by atoms with Gasteiger partial charge in [-0.15, -0.1) is 5.10 Å². The Morgan fingerprint density at radius 1 is 1.24 bits per heavy atom. The zero-order valence-electron chi connectivity index (χ0n) is 10.1. The van der Waals surface area contributed by atoms with E-state index in [4.69, 9.17) is 0 Å². The summed E-state index contributed by atoms with van der Waals surface area (Å²) in [5, 5.41) is 22.9. The molecule has 2 rings (SSSR count). The van der Waals surface area contributed by atoms with Gasteiger partial charge in [0.2, 0.25) is 0 Å². The highest BCUT2D eigenvalue weighted by Crippen LogP contribution is 2.22. The molecule has 2 N–H and O–H groups in total. The number of nitrogens with zero attached hydrogens (tertiary/aromatic N) is 2. The third-order valence-corrected chi connectivity index (χ3v) is 2.73. The standard InChI is InChI=1S/C13H17N3O/c1-9(17)7-8-14-13-12-6-4-3-5-11(12)10(2)15-16-13/h3-6,9,17H,7-8H2,1-2H3,(H,14,16). The number of hydrogen-bond donors (Lipinski definition) is 2. The van der Waals surface area contributed by atoms with Crippen LogP contribution in [0.3, 0.4) is 0 Å². The predicted molar refractivity (Wildman–Crippen MR) is 69.1 cm³/mol. The molecule has 0 radical (unpaired) electrons. The fraction of sp³-hybridized carbons (Fsp3) is 0.385. The Balaban J connectivity index is 2.26. The average Bonchev–Trinajstić information content (AvgIpc) is 2.32. The van der Waals surface area contributed by atoms with Crippen LogP contribution in [0.15, 0.2) is 24.3 Å². The molecule has 1 aromatic carbocycles. The van der Waals surface area contributed by atoms with Crippen molar-refractivity contribution in [3.8, 4) is 0 Å². The van der Waals surface area contributed by atoms with Crippen LogP contribution in [0.25, 0.3) is 10.8 Å². The molecule has 90 valence electrons. The summed E-state index contributed by atoms with van der Waals surface area (Å²) in [6.07, 6.45) is 0.399. The molecule has 1 unspecified atom stereocenters. The molecule has 0 spiro atoms. The van der Waals surface area contributed by atoms with Gasteiger partial charge in [0.15, 0.2) is 5.82 Å². The summed E-state index contributed by atoms with van der Waals surface area (Å²) in [6, 6.07) is 8.06. The number of aliphatic hydroxyl groups is 1. The SMILES string of the molecule is Cc1nnc(NCCC(C)O)c2ccccc12. The van der Waals surface area contributed by atoms with Crippen LogP contribution < -0.4 is 5.32 Å². The van der Waals surface area contributed by atoms with Gasteiger partial charge in [-0.3, -0.25) is 0 Å². The number of nitrogens with one attached hydrogen (secondary N) is 1. The molecule has 1 atom stereocenters. The molecule has 2 aromatic rings. The zero-order chi connectivity index (χ0) is 12.3. The van der Waals surface area contributed by atoms with Crippen molar-refractivity contribution in [1.82, 2.24) is 10.2 Å². The minimum absolute atomic E-state index is 0.299. The van der Waals surface area contributed by atoms with E-state index in [0.29, 0.717) is 13.0 Å². The van der Waals surface area contributed by atoms with Gasteiger partial charge in [-0.25, -0.2) is 0 Å². The summed E-state index contributed by atoms with van der Waals surface area (Å²) >= 11 is 0. The summed E-state index contributed by atoms with van der Waals surface area (Å²) in [7, 11) is 0. The highest BCUT2D eigenvalue weighted by Gasteiger charge is 2.05. The van der Waals surface area contributed by atoms with E-state index in [2.05, 4.69) is 15.5 Å². The lowest BCUT2D eigenvalue weighted by Crippen LogP contribution is -2.11. The van der Waals surface area contributed by atoms with Gasteiger partial charge in [0, 0.05) is 17.3 Å². The van der Waals surface area contributed by atoms with Crippen LogP contribution in [0, 0.1) is 6.92 Å². The second kappa shape index (κ2) is 5.10. The van der Waals surface area contributed by atoms with E-state index < -0.39 is 0 Å². The first-order valence-corrected chi connectivity index (χ1v) is 5.82. The highest BCUT2D eigenvalue weighted by molar-refractivity contribution is 5.92. The molecule has 0 aliphatic heterocycles. The molecule has 0 saturated carbocycles. The van der Waals surface area contributed by atoms with Crippen LogP contribution in [-0.4, -0.2) is 28.0 Å². The van der Waals surface area contributed by atoms with E-state index in [-0.39, 0.29) is 6.10 Å². The smallest absolute Gasteiger partial charge is 0.156 e. The lowest BCUT2D eigenvalue weighted by molar-refractivity contribution is 0.188. The van der Waals surface area contributed by atoms with Crippen LogP contribution in [0.2, 0.25) is 0 Å². The third-order valence-electron chi connectivity index (χ3n) is 2.73. The van der Waals surface area contributed by atoms with Gasteiger partial charge in [-0.1, -0.05) is 24.3 Å². The van der Waals surface area contributed by atoms with Crippen LogP contribution in [0.1, 0.15) is 19.0 Å². The number of aryl methyl sites for hydroxylation is 1. The van der Waals surface area contributed by atoms with Gasteiger partial charge < -0.3 is 10.4 Å². The van der Waals surface area contributed by atoms with Crippen molar-refractivity contribution in [3.05, 3.63) is 30.0 Å². The molecule has 0 bridgehead atoms. The van der Waals surface area contributed by atoms with Crippen molar-refractivity contribution in [2.75, 3.05) is 11.9 Å². The maximum Gasteiger partial charge on any atom is 0.156 e. The summed E-state index contributed by atoms with van der Waals surface area (Å²) in [5.74, 6) is 0.784. The van der Waals surface area contributed by atoms with E-state index in [9.17, 15) is 5.11 Å². The highest BCUT2D eigenvalue weighted by atomic mass is 16.3. The first-order valence-electron chi connectivity index (χ1n) is 5.82. The van der Waals surface area contributed by atoms with Crippen molar-refractivity contribution in [2.24, 2.45) is 0 Å². The molecular weight excluding hydrogens is 214 g/mol. The van der Waals surface area contributed by atoms with Gasteiger partial charge in [0.1, 0.15) is 0 Å². The first kappa shape index (κ1) is 11.8. The van der Waals surface area contributed by atoms with Crippen molar-refractivity contribution < 1.29 is 5.11 Å². The molecular formula is C13H17N3O. The Hall–Kier alpha value is -1.68. The van der Waals surface area contributed by atoms with Gasteiger partial charge >= 0.3 is 0 Å². The molecule has 4 heteroatoms. The van der Waals surface area contributed by atoms with Gasteiger partial charge in [0.25, 0.3) is 0 Å². The number of benzene rings is 1. The topological polar surface area (TPSA) is 58.0 Å². The van der Waals surface area contributed by atoms with E-state index >= 15 is 0 Å². The fourth-order valence-corrected chi connectivity index (χ4v) is 1.77. The first-order chi connectivity index (χ1) is 8.18. The Bertz CT molecular complexity index is 511. The number of aliphatic hydroxyl groups excluding tert-OH is 1. The maximum absolute atomic E-state index is 9.21. The van der Waals surface area contributed by atoms with Crippen LogP contribution in [-0.2, 0) is 0 Å². The van der Waals surface area contributed by atoms with E-state index in [1.54, 1.807) is 6.92 Å². The zero-order valence-corrected chi connectivity index (χ0v) is 10.1. The van der Waals surface area contributed by atoms with Gasteiger partial charge in [-0.2, -0.15) is 5.10 Å². The van der Waals surface area contributed by atoms with Crippen molar-refractivity contribution >= 4 is 16.6 Å². The largest absolute Gasteiger partial charge is 0.393 e. The van der Waals surface area contributed by atoms with Crippen molar-refractivity contribution in [1.29, 1.82) is 0 Å². The summed E-state index contributed by atoms with van der Waals surface area (Å²) in [6.45, 7) is 4.43. The van der Waals surface area contributed by atoms with Crippen molar-refractivity contribution in [3.63, 3.8) is 0 Å². The Kier molecular flexibility index (Phi) is 3.54. The minimum Gasteiger partial charge on any atom is -0.393 e. The van der Waals surface area contributed by atoms with Crippen LogP contribution in [0.5, 0.6) is 0 Å². The summed E-state index contributed by atoms with van der Waals surface area (Å²) in [4.78, 5) is 0. The molecule has 1 heterocycles. The number of hydrogen-bond acceptors (Lipinski definition) is 4. The fourth-order valence-electron chi connectivity index (χ4n) is 1.77. The molecule has 4 nitrogen and oxygen atoms in total. The Morgan fingerprint density at radius 3 is 2.65 bits per heavy atom. The van der Waals surface area contributed by atoms with Gasteiger partial charge in [-0.05, 0) is 20.3 Å². The van der Waals surface area contributed by atoms with Crippen LogP contribution >= 0.6 is 0 Å². The number of rotatable bonds is 4. The normalized spacial score (nSPS) is 12.6. The molecule has 0 amide bonds. The predicted octanol–water partition coefficient (Wildman–Crippen LogP) is 2.12. The number of fused-ring (bicyclic) bond motifs is 1. The van der Waals surface area contributed by atoms with E-state index in [0.717, 1.165) is 22.3 Å². The van der Waals surface area contributed by atoms with E-state index in [1.807, 2.05) is 31.2 Å². The summed E-state index contributed by atoms with van der Waals surface area (Å²) < 4.78 is 0. The van der Waals surface area contributed by atoms with Crippen molar-refractivity contribution in [2.45, 2.75) is 26.4 Å². The Morgan fingerprint density at radius 2 is 1.94 bits per heavy atom. The number of anilines is 1. The second-order valence-corrected chi connectivity index (χ2v) is 4.24. The van der Waals surface area contributed by atoms with Crippen LogP contribution in [0.4, 0.5) is 5.82 Å². The lowest BCUT2D eigenvalue weighted by atomic mass is 10.1. The third kappa shape index (κ3) is 2.71. The Labute approximate surface area is 101 Å². The molecule has 0 fully saturated rings. The summed E-state index contributed by atoms with van der Waals surface area (Å²) in [5.41, 5.74) is 0.932.